The number of rotatable bonds is 2. The van der Waals surface area contributed by atoms with E-state index in [1.165, 1.54) is 11.3 Å². The first-order valence-corrected chi connectivity index (χ1v) is 7.71. The molecule has 1 saturated heterocycles. The quantitative estimate of drug-likeness (QED) is 0.863. The van der Waals surface area contributed by atoms with E-state index in [1.807, 2.05) is 17.5 Å². The third-order valence-corrected chi connectivity index (χ3v) is 6.18. The molecule has 1 fully saturated rings. The van der Waals surface area contributed by atoms with Crippen LogP contribution in [-0.4, -0.2) is 19.4 Å². The van der Waals surface area contributed by atoms with Gasteiger partial charge in [-0.25, -0.2) is 8.42 Å². The Morgan fingerprint density at radius 2 is 2.27 bits per heavy atom. The third kappa shape index (κ3) is 2.24. The largest absolute Gasteiger partial charge is 0.322 e. The molecule has 0 aliphatic carbocycles. The van der Waals surface area contributed by atoms with Crippen LogP contribution in [-0.2, 0) is 9.84 Å². The first-order chi connectivity index (χ1) is 7.11. The van der Waals surface area contributed by atoms with Crippen molar-refractivity contribution in [3.8, 4) is 0 Å². The molecule has 2 atom stereocenters. The van der Waals surface area contributed by atoms with Crippen molar-refractivity contribution in [2.24, 2.45) is 5.73 Å². The fraction of sp³-hybridized carbons (Fsp3) is 0.600. The van der Waals surface area contributed by atoms with E-state index in [4.69, 9.17) is 5.73 Å². The molecule has 2 heterocycles. The van der Waals surface area contributed by atoms with Crippen LogP contribution in [0.3, 0.4) is 0 Å². The Balaban J connectivity index is 2.23. The molecule has 3 nitrogen and oxygen atoms in total. The third-order valence-electron chi connectivity index (χ3n) is 2.90. The van der Waals surface area contributed by atoms with Gasteiger partial charge in [0.15, 0.2) is 9.84 Å². The van der Waals surface area contributed by atoms with Gasteiger partial charge in [-0.1, -0.05) is 12.5 Å². The molecular formula is C10H15NO2S2. The Hall–Kier alpha value is -0.390. The highest BCUT2D eigenvalue weighted by Crippen LogP contribution is 2.30. The summed E-state index contributed by atoms with van der Waals surface area (Å²) in [5.41, 5.74) is 6.02. The average Bonchev–Trinajstić information content (AvgIpc) is 2.69. The lowest BCUT2D eigenvalue weighted by atomic mass is 10.1. The van der Waals surface area contributed by atoms with Crippen molar-refractivity contribution in [3.05, 3.63) is 22.4 Å². The lowest BCUT2D eigenvalue weighted by Crippen LogP contribution is -2.37. The highest BCUT2D eigenvalue weighted by atomic mass is 32.2. The minimum Gasteiger partial charge on any atom is -0.322 e. The second-order valence-electron chi connectivity index (χ2n) is 3.94. The Labute approximate surface area is 94.2 Å². The van der Waals surface area contributed by atoms with Gasteiger partial charge in [-0.15, -0.1) is 11.3 Å². The van der Waals surface area contributed by atoms with E-state index in [2.05, 4.69) is 0 Å². The van der Waals surface area contributed by atoms with E-state index in [9.17, 15) is 8.42 Å². The second-order valence-corrected chi connectivity index (χ2v) is 7.26. The molecule has 1 aliphatic heterocycles. The van der Waals surface area contributed by atoms with Gasteiger partial charge in [0.1, 0.15) is 0 Å². The van der Waals surface area contributed by atoms with Crippen LogP contribution in [0.15, 0.2) is 17.5 Å². The van der Waals surface area contributed by atoms with E-state index in [0.29, 0.717) is 12.2 Å². The van der Waals surface area contributed by atoms with Crippen LogP contribution in [0.25, 0.3) is 0 Å². The number of sulfone groups is 1. The summed E-state index contributed by atoms with van der Waals surface area (Å²) in [6, 6.07) is 3.49. The first kappa shape index (κ1) is 11.1. The van der Waals surface area contributed by atoms with Crippen molar-refractivity contribution < 1.29 is 8.42 Å². The lowest BCUT2D eigenvalue weighted by molar-refractivity contribution is 0.507. The highest BCUT2D eigenvalue weighted by molar-refractivity contribution is 7.92. The molecule has 0 spiro atoms. The van der Waals surface area contributed by atoms with Gasteiger partial charge in [0.05, 0.1) is 17.0 Å². The van der Waals surface area contributed by atoms with Crippen molar-refractivity contribution in [2.45, 2.75) is 30.6 Å². The molecule has 84 valence electrons. The average molecular weight is 245 g/mol. The maximum atomic E-state index is 11.8. The number of hydrogen-bond acceptors (Lipinski definition) is 4. The predicted octanol–water partition coefficient (Wildman–Crippen LogP) is 1.72. The van der Waals surface area contributed by atoms with Crippen molar-refractivity contribution in [1.29, 1.82) is 0 Å². The molecule has 15 heavy (non-hydrogen) atoms. The van der Waals surface area contributed by atoms with Gasteiger partial charge in [0, 0.05) is 4.88 Å². The molecule has 0 saturated carbocycles. The normalized spacial score (nSPS) is 27.4. The van der Waals surface area contributed by atoms with Crippen LogP contribution in [0.5, 0.6) is 0 Å². The molecule has 5 heteroatoms. The van der Waals surface area contributed by atoms with Gasteiger partial charge in [0.2, 0.25) is 0 Å². The van der Waals surface area contributed by atoms with Crippen LogP contribution in [0.1, 0.15) is 30.2 Å². The zero-order chi connectivity index (χ0) is 10.9. The maximum Gasteiger partial charge on any atom is 0.155 e. The second kappa shape index (κ2) is 4.23. The summed E-state index contributed by atoms with van der Waals surface area (Å²) in [7, 11) is -2.97. The summed E-state index contributed by atoms with van der Waals surface area (Å²) in [6.07, 6.45) is 2.47. The fourth-order valence-corrected chi connectivity index (χ4v) is 4.95. The zero-order valence-electron chi connectivity index (χ0n) is 8.43. The highest BCUT2D eigenvalue weighted by Gasteiger charge is 2.34. The SMILES string of the molecule is NC(c1cccs1)C1CCCCS1(=O)=O. The number of nitrogens with two attached hydrogens (primary N) is 1. The Bertz CT molecular complexity index is 411. The predicted molar refractivity (Wildman–Crippen MR) is 62.7 cm³/mol. The van der Waals surface area contributed by atoms with Crippen LogP contribution in [0, 0.1) is 0 Å². The minimum atomic E-state index is -2.97. The summed E-state index contributed by atoms with van der Waals surface area (Å²) in [5.74, 6) is 0.302. The van der Waals surface area contributed by atoms with Crippen molar-refractivity contribution in [2.75, 3.05) is 5.75 Å². The molecular weight excluding hydrogens is 230 g/mol. The monoisotopic (exact) mass is 245 g/mol. The van der Waals surface area contributed by atoms with E-state index in [1.54, 1.807) is 0 Å². The number of thiophene rings is 1. The summed E-state index contributed by atoms with van der Waals surface area (Å²) in [5, 5.41) is 1.56. The molecule has 2 N–H and O–H groups in total. The zero-order valence-corrected chi connectivity index (χ0v) is 10.1. The van der Waals surface area contributed by atoms with Gasteiger partial charge >= 0.3 is 0 Å². The summed E-state index contributed by atoms with van der Waals surface area (Å²) >= 11 is 1.54. The molecule has 0 radical (unpaired) electrons. The molecule has 1 aromatic rings. The first-order valence-electron chi connectivity index (χ1n) is 5.12. The van der Waals surface area contributed by atoms with Gasteiger partial charge in [-0.3, -0.25) is 0 Å². The Kier molecular flexibility index (Phi) is 3.13. The molecule has 2 rings (SSSR count). The molecule has 0 aromatic carbocycles. The van der Waals surface area contributed by atoms with Crippen molar-refractivity contribution in [3.63, 3.8) is 0 Å². The molecule has 1 aliphatic rings. The van der Waals surface area contributed by atoms with Crippen molar-refractivity contribution >= 4 is 21.2 Å². The van der Waals surface area contributed by atoms with E-state index >= 15 is 0 Å². The van der Waals surface area contributed by atoms with E-state index in [-0.39, 0.29) is 11.3 Å². The Morgan fingerprint density at radius 3 is 2.87 bits per heavy atom. The van der Waals surface area contributed by atoms with Gasteiger partial charge in [-0.05, 0) is 24.3 Å². The van der Waals surface area contributed by atoms with E-state index in [0.717, 1.165) is 17.7 Å². The van der Waals surface area contributed by atoms with Crippen LogP contribution in [0.4, 0.5) is 0 Å². The number of hydrogen-bond donors (Lipinski definition) is 1. The van der Waals surface area contributed by atoms with E-state index < -0.39 is 9.84 Å². The molecule has 2 unspecified atom stereocenters. The van der Waals surface area contributed by atoms with Crippen LogP contribution < -0.4 is 5.73 Å². The summed E-state index contributed by atoms with van der Waals surface area (Å²) in [6.45, 7) is 0. The summed E-state index contributed by atoms with van der Waals surface area (Å²) in [4.78, 5) is 0.977. The molecule has 0 bridgehead atoms. The Morgan fingerprint density at radius 1 is 1.47 bits per heavy atom. The van der Waals surface area contributed by atoms with Crippen molar-refractivity contribution in [1.82, 2.24) is 0 Å². The topological polar surface area (TPSA) is 60.2 Å². The van der Waals surface area contributed by atoms with Gasteiger partial charge in [-0.2, -0.15) is 0 Å². The fourth-order valence-electron chi connectivity index (χ4n) is 2.05. The molecule has 0 amide bonds. The van der Waals surface area contributed by atoms with Crippen LogP contribution in [0.2, 0.25) is 0 Å². The summed E-state index contributed by atoms with van der Waals surface area (Å²) < 4.78 is 23.7. The molecule has 1 aromatic heterocycles. The van der Waals surface area contributed by atoms with Gasteiger partial charge in [0.25, 0.3) is 0 Å². The lowest BCUT2D eigenvalue weighted by Gasteiger charge is -2.26. The minimum absolute atomic E-state index is 0.302. The van der Waals surface area contributed by atoms with Gasteiger partial charge < -0.3 is 5.73 Å². The standard InChI is InChI=1S/C10H15NO2S2/c11-10(8-4-3-6-14-8)9-5-1-2-7-15(9,12)13/h3-4,6,9-10H,1-2,5,7,11H2. The smallest absolute Gasteiger partial charge is 0.155 e. The van der Waals surface area contributed by atoms with Crippen LogP contribution >= 0.6 is 11.3 Å². The maximum absolute atomic E-state index is 11.8.